The van der Waals surface area contributed by atoms with Crippen LogP contribution in [0, 0.1) is 11.8 Å². The molecule has 16 heavy (non-hydrogen) atoms. The minimum Gasteiger partial charge on any atom is -0.444 e. The minimum absolute atomic E-state index is 0.00693. The number of Topliss-reactive ketones (excluding diaryl/α,β-unsaturated/α-hetero) is 1. The Bertz CT molecular complexity index is 291. The predicted molar refractivity (Wildman–Crippen MR) is 61.1 cm³/mol. The van der Waals surface area contributed by atoms with Crippen LogP contribution in [0.25, 0.3) is 0 Å². The van der Waals surface area contributed by atoms with Gasteiger partial charge in [0.05, 0.1) is 0 Å². The topological polar surface area (TPSA) is 55.4 Å². The molecule has 0 aromatic rings. The van der Waals surface area contributed by atoms with E-state index in [1.807, 2.05) is 34.6 Å². The van der Waals surface area contributed by atoms with Gasteiger partial charge >= 0.3 is 6.09 Å². The van der Waals surface area contributed by atoms with Crippen LogP contribution in [0.2, 0.25) is 0 Å². The maximum absolute atomic E-state index is 11.6. The number of rotatable bonds is 3. The quantitative estimate of drug-likeness (QED) is 0.803. The third kappa shape index (κ3) is 3.83. The van der Waals surface area contributed by atoms with Crippen LogP contribution in [0.5, 0.6) is 0 Å². The summed E-state index contributed by atoms with van der Waals surface area (Å²) in [6.45, 7) is 9.21. The van der Waals surface area contributed by atoms with E-state index in [4.69, 9.17) is 4.74 Å². The highest BCUT2D eigenvalue weighted by Gasteiger charge is 2.44. The fraction of sp³-hybridized carbons (Fsp3) is 0.833. The van der Waals surface area contributed by atoms with Crippen LogP contribution < -0.4 is 5.32 Å². The Kier molecular flexibility index (Phi) is 3.61. The molecule has 0 heterocycles. The zero-order valence-corrected chi connectivity index (χ0v) is 10.7. The number of ketones is 1. The van der Waals surface area contributed by atoms with Crippen LogP contribution in [0.3, 0.4) is 0 Å². The van der Waals surface area contributed by atoms with E-state index in [2.05, 4.69) is 5.32 Å². The molecule has 2 unspecified atom stereocenters. The first-order valence-electron chi connectivity index (χ1n) is 5.74. The highest BCUT2D eigenvalue weighted by atomic mass is 16.6. The van der Waals surface area contributed by atoms with Gasteiger partial charge in [0.1, 0.15) is 11.4 Å². The first kappa shape index (κ1) is 13.0. The molecule has 1 saturated carbocycles. The van der Waals surface area contributed by atoms with Crippen LogP contribution in [0.1, 0.15) is 41.0 Å². The van der Waals surface area contributed by atoms with E-state index < -0.39 is 11.7 Å². The minimum atomic E-state index is -0.490. The van der Waals surface area contributed by atoms with Gasteiger partial charge in [-0.2, -0.15) is 0 Å². The van der Waals surface area contributed by atoms with Gasteiger partial charge in [0.25, 0.3) is 0 Å². The van der Waals surface area contributed by atoms with Gasteiger partial charge < -0.3 is 10.1 Å². The summed E-state index contributed by atoms with van der Waals surface area (Å²) in [6.07, 6.45) is 0.313. The molecule has 92 valence electrons. The summed E-state index contributed by atoms with van der Waals surface area (Å²) in [5.41, 5.74) is -0.490. The van der Waals surface area contributed by atoms with Gasteiger partial charge in [-0.3, -0.25) is 4.79 Å². The highest BCUT2D eigenvalue weighted by Crippen LogP contribution is 2.33. The number of hydrogen-bond acceptors (Lipinski definition) is 3. The number of carbonyl (C=O) groups is 2. The number of ether oxygens (including phenoxy) is 1. The third-order valence-electron chi connectivity index (χ3n) is 2.43. The van der Waals surface area contributed by atoms with E-state index in [0.717, 1.165) is 6.42 Å². The Morgan fingerprint density at radius 3 is 2.31 bits per heavy atom. The number of alkyl carbamates (subject to hydrolysis) is 1. The fourth-order valence-electron chi connectivity index (χ4n) is 1.56. The summed E-state index contributed by atoms with van der Waals surface area (Å²) in [6, 6.07) is -0.0234. The van der Waals surface area contributed by atoms with Crippen molar-refractivity contribution in [2.45, 2.75) is 52.7 Å². The van der Waals surface area contributed by atoms with Crippen molar-refractivity contribution in [3.8, 4) is 0 Å². The molecular formula is C12H21NO3. The number of amides is 1. The predicted octanol–water partition coefficient (Wildman–Crippen LogP) is 2.12. The molecule has 0 aromatic carbocycles. The van der Waals surface area contributed by atoms with Crippen molar-refractivity contribution >= 4 is 11.9 Å². The van der Waals surface area contributed by atoms with Crippen molar-refractivity contribution < 1.29 is 14.3 Å². The molecule has 1 rings (SSSR count). The van der Waals surface area contributed by atoms with E-state index in [1.165, 1.54) is 0 Å². The molecule has 0 saturated heterocycles. The van der Waals surface area contributed by atoms with Crippen LogP contribution in [0.15, 0.2) is 0 Å². The van der Waals surface area contributed by atoms with Crippen molar-refractivity contribution in [1.29, 1.82) is 0 Å². The van der Waals surface area contributed by atoms with Gasteiger partial charge in [-0.15, -0.1) is 0 Å². The molecule has 2 atom stereocenters. The summed E-state index contributed by atoms with van der Waals surface area (Å²) in [4.78, 5) is 23.0. The second-order valence-electron chi connectivity index (χ2n) is 5.65. The third-order valence-corrected chi connectivity index (χ3v) is 2.43. The molecule has 0 aliphatic heterocycles. The Labute approximate surface area is 96.7 Å². The van der Waals surface area contributed by atoms with Crippen LogP contribution in [-0.4, -0.2) is 23.5 Å². The van der Waals surface area contributed by atoms with E-state index >= 15 is 0 Å². The first-order valence-corrected chi connectivity index (χ1v) is 5.74. The molecule has 1 fully saturated rings. The van der Waals surface area contributed by atoms with Gasteiger partial charge in [-0.05, 0) is 27.2 Å². The monoisotopic (exact) mass is 227 g/mol. The second-order valence-corrected chi connectivity index (χ2v) is 5.65. The molecule has 1 N–H and O–H groups in total. The zero-order chi connectivity index (χ0) is 12.5. The molecule has 0 radical (unpaired) electrons. The van der Waals surface area contributed by atoms with E-state index in [0.29, 0.717) is 0 Å². The van der Waals surface area contributed by atoms with Crippen molar-refractivity contribution in [2.75, 3.05) is 0 Å². The van der Waals surface area contributed by atoms with Crippen molar-refractivity contribution in [3.05, 3.63) is 0 Å². The summed E-state index contributed by atoms with van der Waals surface area (Å²) >= 11 is 0. The highest BCUT2D eigenvalue weighted by molar-refractivity contribution is 5.87. The molecule has 1 amide bonds. The van der Waals surface area contributed by atoms with Crippen LogP contribution in [-0.2, 0) is 9.53 Å². The van der Waals surface area contributed by atoms with Gasteiger partial charge in [-0.25, -0.2) is 4.79 Å². The number of carbonyl (C=O) groups excluding carboxylic acids is 2. The Hall–Kier alpha value is -1.06. The summed E-state index contributed by atoms with van der Waals surface area (Å²) < 4.78 is 5.12. The summed E-state index contributed by atoms with van der Waals surface area (Å²) in [5, 5.41) is 2.71. The largest absolute Gasteiger partial charge is 0.444 e. The summed E-state index contributed by atoms with van der Waals surface area (Å²) in [5.74, 6) is 0.254. The zero-order valence-electron chi connectivity index (χ0n) is 10.7. The van der Waals surface area contributed by atoms with Crippen molar-refractivity contribution in [1.82, 2.24) is 5.32 Å². The molecule has 0 spiro atoms. The number of hydrogen-bond donors (Lipinski definition) is 1. The lowest BCUT2D eigenvalue weighted by Crippen LogP contribution is -2.35. The van der Waals surface area contributed by atoms with E-state index in [9.17, 15) is 9.59 Å². The van der Waals surface area contributed by atoms with Gasteiger partial charge in [-0.1, -0.05) is 13.8 Å². The molecule has 4 heteroatoms. The van der Waals surface area contributed by atoms with Crippen molar-refractivity contribution in [3.63, 3.8) is 0 Å². The molecule has 0 aromatic heterocycles. The van der Waals surface area contributed by atoms with Crippen LogP contribution in [0.4, 0.5) is 4.79 Å². The lowest BCUT2D eigenvalue weighted by atomic mass is 10.1. The molecule has 1 aliphatic rings. The van der Waals surface area contributed by atoms with E-state index in [1.54, 1.807) is 0 Å². The smallest absolute Gasteiger partial charge is 0.407 e. The maximum atomic E-state index is 11.6. The van der Waals surface area contributed by atoms with Gasteiger partial charge in [0.15, 0.2) is 0 Å². The Balaban J connectivity index is 2.32. The molecule has 0 bridgehead atoms. The van der Waals surface area contributed by atoms with Crippen molar-refractivity contribution in [2.24, 2.45) is 11.8 Å². The van der Waals surface area contributed by atoms with Crippen LogP contribution >= 0.6 is 0 Å². The molecule has 1 aliphatic carbocycles. The molecule has 4 nitrogen and oxygen atoms in total. The normalized spacial score (nSPS) is 24.1. The Morgan fingerprint density at radius 2 is 1.88 bits per heavy atom. The average Bonchev–Trinajstić information content (AvgIpc) is 2.78. The lowest BCUT2D eigenvalue weighted by Gasteiger charge is -2.19. The standard InChI is InChI=1S/C12H21NO3/c1-7(2)10(14)8-6-9(8)13-11(15)16-12(3,4)5/h7-9H,6H2,1-5H3,(H,13,15). The lowest BCUT2D eigenvalue weighted by molar-refractivity contribution is -0.123. The van der Waals surface area contributed by atoms with Gasteiger partial charge in [0, 0.05) is 17.9 Å². The average molecular weight is 227 g/mol. The Morgan fingerprint density at radius 1 is 1.31 bits per heavy atom. The molecular weight excluding hydrogens is 206 g/mol. The van der Waals surface area contributed by atoms with Gasteiger partial charge in [0.2, 0.25) is 0 Å². The number of nitrogens with one attached hydrogen (secondary N) is 1. The summed E-state index contributed by atoms with van der Waals surface area (Å²) in [7, 11) is 0. The maximum Gasteiger partial charge on any atom is 0.407 e. The second kappa shape index (κ2) is 4.44. The van der Waals surface area contributed by atoms with E-state index in [-0.39, 0.29) is 23.7 Å². The fourth-order valence-corrected chi connectivity index (χ4v) is 1.56. The first-order chi connectivity index (χ1) is 7.20. The SMILES string of the molecule is CC(C)C(=O)C1CC1NC(=O)OC(C)(C)C.